The fraction of sp³-hybridized carbons (Fsp3) is 0.268. The Kier molecular flexibility index (Phi) is 16.7. The number of pyridine rings is 2. The second kappa shape index (κ2) is 21.5. The van der Waals surface area contributed by atoms with E-state index in [1.807, 2.05) is 52.5 Å². The number of nitrogens with two attached hydrogens (primary N) is 1. The molecular weight excluding hydrogens is 892 g/mol. The number of benzene rings is 2. The molecule has 2 aromatic carbocycles. The fourth-order valence-electron chi connectivity index (χ4n) is 5.59. The second-order valence-corrected chi connectivity index (χ2v) is 17.6. The summed E-state index contributed by atoms with van der Waals surface area (Å²) < 4.78 is 14.1. The highest BCUT2D eigenvalue weighted by Crippen LogP contribution is 2.40. The van der Waals surface area contributed by atoms with Crippen LogP contribution >= 0.6 is 69.9 Å². The summed E-state index contributed by atoms with van der Waals surface area (Å²) >= 11 is 27.5. The molecular formula is C41H41Cl4N7O6S2. The van der Waals surface area contributed by atoms with Crippen molar-refractivity contribution in [2.24, 2.45) is 5.73 Å². The molecule has 0 aliphatic heterocycles. The summed E-state index contributed by atoms with van der Waals surface area (Å²) in [5.41, 5.74) is 7.00. The summed E-state index contributed by atoms with van der Waals surface area (Å²) in [6.45, 7) is 7.27. The van der Waals surface area contributed by atoms with E-state index in [-0.39, 0.29) is 31.7 Å². The summed E-state index contributed by atoms with van der Waals surface area (Å²) in [5.74, 6) is 0.435. The Hall–Kier alpha value is -4.32. The highest BCUT2D eigenvalue weighted by atomic mass is 35.5. The highest BCUT2D eigenvalue weighted by Gasteiger charge is 2.30. The number of halogens is 4. The van der Waals surface area contributed by atoms with Gasteiger partial charge >= 0.3 is 12.1 Å². The maximum absolute atomic E-state index is 11.4. The number of aliphatic hydroxyl groups is 2. The van der Waals surface area contributed by atoms with Crippen LogP contribution in [0.5, 0.6) is 0 Å². The van der Waals surface area contributed by atoms with E-state index in [0.29, 0.717) is 55.5 Å². The molecule has 1 atom stereocenters. The first-order valence-corrected chi connectivity index (χ1v) is 21.3. The predicted molar refractivity (Wildman–Crippen MR) is 233 cm³/mol. The third kappa shape index (κ3) is 13.3. The molecule has 0 saturated heterocycles. The van der Waals surface area contributed by atoms with Crippen LogP contribution < -0.4 is 5.73 Å². The zero-order valence-electron chi connectivity index (χ0n) is 32.8. The third-order valence-electron chi connectivity index (χ3n) is 8.38. The number of esters is 1. The van der Waals surface area contributed by atoms with Crippen molar-refractivity contribution in [2.75, 3.05) is 6.61 Å². The van der Waals surface area contributed by atoms with E-state index in [1.165, 1.54) is 30.4 Å². The van der Waals surface area contributed by atoms with Gasteiger partial charge in [-0.25, -0.2) is 14.8 Å². The lowest BCUT2D eigenvalue weighted by Crippen LogP contribution is -2.17. The number of carbonyl (C=O) groups is 2. The number of imidazole rings is 2. The molecule has 1 unspecified atom stereocenters. The smallest absolute Gasteiger partial charge is 0.404 e. The largest absolute Gasteiger partial charge is 0.458 e. The van der Waals surface area contributed by atoms with E-state index >= 15 is 0 Å². The van der Waals surface area contributed by atoms with Crippen LogP contribution in [0.2, 0.25) is 20.1 Å². The lowest BCUT2D eigenvalue weighted by molar-refractivity contribution is -0.142. The van der Waals surface area contributed by atoms with E-state index in [2.05, 4.69) is 15.0 Å². The zero-order valence-corrected chi connectivity index (χ0v) is 37.5. The molecule has 13 nitrogen and oxygen atoms in total. The molecule has 0 fully saturated rings. The predicted octanol–water partition coefficient (Wildman–Crippen LogP) is 9.55. The van der Waals surface area contributed by atoms with E-state index in [1.54, 1.807) is 62.9 Å². The molecule has 60 heavy (non-hydrogen) atoms. The zero-order chi connectivity index (χ0) is 43.6. The van der Waals surface area contributed by atoms with Crippen molar-refractivity contribution >= 4 is 82.0 Å². The van der Waals surface area contributed by atoms with Gasteiger partial charge in [-0.2, -0.15) is 0 Å². The highest BCUT2D eigenvalue weighted by molar-refractivity contribution is 7.99. The monoisotopic (exact) mass is 931 g/mol. The summed E-state index contributed by atoms with van der Waals surface area (Å²) in [5, 5.41) is 24.1. The minimum Gasteiger partial charge on any atom is -0.458 e. The number of nitrogens with zero attached hydrogens (tertiary/aromatic N) is 6. The van der Waals surface area contributed by atoms with Gasteiger partial charge in [-0.15, -0.1) is 0 Å². The summed E-state index contributed by atoms with van der Waals surface area (Å²) in [4.78, 5) is 41.6. The molecule has 4 aromatic heterocycles. The Morgan fingerprint density at radius 1 is 0.750 bits per heavy atom. The van der Waals surface area contributed by atoms with Gasteiger partial charge < -0.3 is 34.6 Å². The quantitative estimate of drug-likeness (QED) is 0.0832. The first kappa shape index (κ1) is 46.7. The molecule has 0 radical (unpaired) electrons. The van der Waals surface area contributed by atoms with Gasteiger partial charge in [0.2, 0.25) is 0 Å². The van der Waals surface area contributed by atoms with Gasteiger partial charge in [0, 0.05) is 67.5 Å². The van der Waals surface area contributed by atoms with Crippen LogP contribution in [0.25, 0.3) is 0 Å². The molecule has 19 heteroatoms. The second-order valence-electron chi connectivity index (χ2n) is 13.7. The summed E-state index contributed by atoms with van der Waals surface area (Å²) in [7, 11) is 0. The van der Waals surface area contributed by atoms with Crippen molar-refractivity contribution in [1.82, 2.24) is 29.1 Å². The molecule has 6 aromatic rings. The standard InChI is InChI=1S/C21H21Cl2N3O3S.C20H20Cl2N4O3S/c1-13(11-27)20-21(30-18-8-16(22)7-17(23)9-18)26(10-15-3-5-24-6-4-15)19(25-20)12-29-14(2)28;1-20(2,28)17-18(30-15-8-13(21)7-14(22)9-15)26(10-12-3-5-24-6-4-12)16(25-17)11-29-19(23)27/h3-9,13,27H,10-12H2,1-2H3;3-9,28H,10-11H2,1-2H3,(H2,23,27). The SMILES string of the molecule is CC(=O)OCc1nc(C(C)CO)c(Sc2cc(Cl)cc(Cl)c2)n1Cc1ccncc1.CC(C)(O)c1nc(COC(N)=O)n(Cc2ccncc2)c1Sc1cc(Cl)cc(Cl)c1. The number of primary amides is 1. The topological polar surface area (TPSA) is 180 Å². The van der Waals surface area contributed by atoms with Crippen LogP contribution in [0.15, 0.2) is 105 Å². The van der Waals surface area contributed by atoms with Crippen LogP contribution in [0.1, 0.15) is 67.8 Å². The maximum atomic E-state index is 11.4. The van der Waals surface area contributed by atoms with Crippen molar-refractivity contribution in [3.8, 4) is 0 Å². The molecule has 1 amide bonds. The number of carbonyl (C=O) groups excluding carboxylic acids is 2. The van der Waals surface area contributed by atoms with Gasteiger partial charge in [0.25, 0.3) is 0 Å². The fourth-order valence-corrected chi connectivity index (χ4v) is 9.39. The number of amides is 1. The number of hydrogen-bond acceptors (Lipinski definition) is 12. The summed E-state index contributed by atoms with van der Waals surface area (Å²) in [6.07, 6.45) is 5.91. The number of aliphatic hydroxyl groups excluding tert-OH is 1. The van der Waals surface area contributed by atoms with E-state index in [0.717, 1.165) is 31.6 Å². The lowest BCUT2D eigenvalue weighted by Gasteiger charge is -2.18. The number of rotatable bonds is 15. The van der Waals surface area contributed by atoms with Gasteiger partial charge in [-0.05, 0) is 85.6 Å². The molecule has 4 N–H and O–H groups in total. The lowest BCUT2D eigenvalue weighted by atomic mass is 10.1. The number of aromatic nitrogens is 6. The van der Waals surface area contributed by atoms with Crippen molar-refractivity contribution in [1.29, 1.82) is 0 Å². The first-order valence-electron chi connectivity index (χ1n) is 18.1. The molecule has 4 heterocycles. The molecule has 6 rings (SSSR count). The van der Waals surface area contributed by atoms with Crippen molar-refractivity contribution in [3.63, 3.8) is 0 Å². The Bertz CT molecular complexity index is 2370. The van der Waals surface area contributed by atoms with Gasteiger partial charge in [0.15, 0.2) is 6.61 Å². The molecule has 0 spiro atoms. The third-order valence-corrected chi connectivity index (χ3v) is 11.4. The Morgan fingerprint density at radius 2 is 1.18 bits per heavy atom. The van der Waals surface area contributed by atoms with E-state index in [4.69, 9.17) is 66.6 Å². The van der Waals surface area contributed by atoms with Crippen molar-refractivity contribution in [2.45, 2.75) is 85.4 Å². The van der Waals surface area contributed by atoms with Gasteiger partial charge in [0.1, 0.15) is 39.6 Å². The molecule has 0 bridgehead atoms. The van der Waals surface area contributed by atoms with Gasteiger partial charge in [-0.1, -0.05) is 76.9 Å². The summed E-state index contributed by atoms with van der Waals surface area (Å²) in [6, 6.07) is 18.1. The number of ether oxygens (including phenoxy) is 2. The normalized spacial score (nSPS) is 11.8. The van der Waals surface area contributed by atoms with Crippen molar-refractivity contribution < 1.29 is 29.3 Å². The average Bonchev–Trinajstić information content (AvgIpc) is 3.69. The van der Waals surface area contributed by atoms with Gasteiger partial charge in [0.05, 0.1) is 25.4 Å². The number of hydrogen-bond donors (Lipinski definition) is 3. The van der Waals surface area contributed by atoms with Crippen LogP contribution in [0, 0.1) is 0 Å². The van der Waals surface area contributed by atoms with Crippen LogP contribution in [-0.2, 0) is 46.2 Å². The van der Waals surface area contributed by atoms with E-state index in [9.17, 15) is 19.8 Å². The first-order chi connectivity index (χ1) is 28.5. The van der Waals surface area contributed by atoms with Crippen LogP contribution in [-0.4, -0.2) is 58.0 Å². The molecule has 0 aliphatic rings. The Balaban J connectivity index is 0.000000228. The average molecular weight is 934 g/mol. The van der Waals surface area contributed by atoms with E-state index < -0.39 is 11.7 Å². The Labute approximate surface area is 375 Å². The molecule has 316 valence electrons. The maximum Gasteiger partial charge on any atom is 0.404 e. The minimum atomic E-state index is -1.25. The van der Waals surface area contributed by atoms with Crippen molar-refractivity contribution in [3.05, 3.63) is 140 Å². The van der Waals surface area contributed by atoms with Crippen LogP contribution in [0.4, 0.5) is 4.79 Å². The molecule has 0 aliphatic carbocycles. The minimum absolute atomic E-state index is 0.0302. The van der Waals surface area contributed by atoms with Crippen LogP contribution in [0.3, 0.4) is 0 Å². The van der Waals surface area contributed by atoms with Gasteiger partial charge in [-0.3, -0.25) is 14.8 Å². The molecule has 0 saturated carbocycles. The Morgan fingerprint density at radius 3 is 1.62 bits per heavy atom.